The monoisotopic (exact) mass is 1080 g/mol. The summed E-state index contributed by atoms with van der Waals surface area (Å²) >= 11 is 4.39. The molecule has 23 heteroatoms. The molecule has 3 heterocycles. The van der Waals surface area contributed by atoms with E-state index in [-0.39, 0.29) is 62.6 Å². The summed E-state index contributed by atoms with van der Waals surface area (Å²) in [4.78, 5) is 127. The number of carbonyl (C=O) groups excluding carboxylic acids is 8. The molecule has 8 atom stereocenters. The lowest BCUT2D eigenvalue weighted by atomic mass is 10.0. The Balaban J connectivity index is 1.51. The maximum absolute atomic E-state index is 14.6. The second-order valence-electron chi connectivity index (χ2n) is 18.9. The van der Waals surface area contributed by atoms with E-state index in [0.717, 1.165) is 35.3 Å². The fourth-order valence-electron chi connectivity index (χ4n) is 9.16. The molecule has 3 aliphatic heterocycles. The SMILES string of the molecule is CCCCCC(=O)N[C@H]1CSCc2cc(CSCCN)cc(c2)CSC[C@@H](C(=O)O)NC(=O)[C@H](Cc2ccccc2)NC(=O)C(CCC(N)=O)NC(=O)[C@H]([C@@H](C)O)NC(=O)[C@@H]2CCCN2C(=O)[C@@H]2CCCN2C1=O. The minimum Gasteiger partial charge on any atom is -0.480 e. The van der Waals surface area contributed by atoms with Crippen molar-refractivity contribution in [3.63, 3.8) is 0 Å². The van der Waals surface area contributed by atoms with Gasteiger partial charge in [0.15, 0.2) is 0 Å². The minimum absolute atomic E-state index is 0.0621. The van der Waals surface area contributed by atoms with Crippen LogP contribution in [0.3, 0.4) is 0 Å². The summed E-state index contributed by atoms with van der Waals surface area (Å²) in [6, 6.07) is 5.78. The number of thioether (sulfide) groups is 3. The van der Waals surface area contributed by atoms with Gasteiger partial charge in [-0.3, -0.25) is 38.4 Å². The van der Waals surface area contributed by atoms with Crippen LogP contribution in [0, 0.1) is 0 Å². The van der Waals surface area contributed by atoms with Crippen molar-refractivity contribution in [3.8, 4) is 0 Å². The van der Waals surface area contributed by atoms with Gasteiger partial charge in [-0.25, -0.2) is 4.79 Å². The van der Waals surface area contributed by atoms with Gasteiger partial charge in [0.1, 0.15) is 42.3 Å². The Labute approximate surface area is 445 Å². The van der Waals surface area contributed by atoms with Crippen LogP contribution in [0.1, 0.15) is 100 Å². The number of carbonyl (C=O) groups is 9. The van der Waals surface area contributed by atoms with Gasteiger partial charge in [0, 0.05) is 73.4 Å². The summed E-state index contributed by atoms with van der Waals surface area (Å²) in [7, 11) is 0. The summed E-state index contributed by atoms with van der Waals surface area (Å²) < 4.78 is 0. The van der Waals surface area contributed by atoms with Crippen molar-refractivity contribution in [1.82, 2.24) is 36.4 Å². The van der Waals surface area contributed by atoms with E-state index in [0.29, 0.717) is 55.1 Å². The Kier molecular flexibility index (Phi) is 24.3. The molecule has 2 bridgehead atoms. The normalized spacial score (nSPS) is 24.5. The van der Waals surface area contributed by atoms with E-state index in [1.807, 2.05) is 19.1 Å². The summed E-state index contributed by atoms with van der Waals surface area (Å²) in [6.07, 6.45) is 1.72. The van der Waals surface area contributed by atoms with Crippen LogP contribution < -0.4 is 38.1 Å². The third kappa shape index (κ3) is 18.2. The molecule has 2 aromatic carbocycles. The number of carboxylic acids is 1. The number of aliphatic carboxylic acids is 1. The Bertz CT molecular complexity index is 2280. The minimum atomic E-state index is -1.67. The molecule has 0 saturated carbocycles. The quantitative estimate of drug-likeness (QED) is 0.107. The number of hydrogen-bond acceptors (Lipinski definition) is 14. The lowest BCUT2D eigenvalue weighted by Gasteiger charge is -2.33. The van der Waals surface area contributed by atoms with Gasteiger partial charge in [0.2, 0.25) is 47.3 Å². The number of unbranched alkanes of at least 4 members (excludes halogenated alkanes) is 2. The molecule has 2 fully saturated rings. The van der Waals surface area contributed by atoms with Gasteiger partial charge in [-0.2, -0.15) is 35.3 Å². The van der Waals surface area contributed by atoms with Crippen LogP contribution in [0.2, 0.25) is 0 Å². The zero-order chi connectivity index (χ0) is 53.7. The molecule has 406 valence electrons. The number of hydrogen-bond donors (Lipinski definition) is 9. The molecule has 11 N–H and O–H groups in total. The highest BCUT2D eigenvalue weighted by atomic mass is 32.2. The van der Waals surface area contributed by atoms with Crippen LogP contribution in [0.25, 0.3) is 0 Å². The van der Waals surface area contributed by atoms with Crippen molar-refractivity contribution in [1.29, 1.82) is 0 Å². The van der Waals surface area contributed by atoms with E-state index in [4.69, 9.17) is 11.5 Å². The lowest BCUT2D eigenvalue weighted by molar-refractivity contribution is -0.148. The number of nitrogens with two attached hydrogens (primary N) is 2. The van der Waals surface area contributed by atoms with Crippen LogP contribution in [-0.2, 0) is 66.8 Å². The molecule has 0 aromatic heterocycles. The van der Waals surface area contributed by atoms with Gasteiger partial charge in [0.05, 0.1) is 6.10 Å². The van der Waals surface area contributed by atoms with Gasteiger partial charge in [-0.1, -0.05) is 68.3 Å². The van der Waals surface area contributed by atoms with Crippen molar-refractivity contribution in [3.05, 3.63) is 70.8 Å². The van der Waals surface area contributed by atoms with Gasteiger partial charge in [-0.05, 0) is 67.7 Å². The largest absolute Gasteiger partial charge is 0.480 e. The van der Waals surface area contributed by atoms with E-state index < -0.39 is 95.7 Å². The maximum Gasteiger partial charge on any atom is 0.327 e. The molecule has 1 unspecified atom stereocenters. The van der Waals surface area contributed by atoms with Gasteiger partial charge in [-0.15, -0.1) is 0 Å². The number of rotatable bonds is 16. The number of nitrogens with zero attached hydrogens (tertiary/aromatic N) is 2. The van der Waals surface area contributed by atoms with Crippen LogP contribution in [0.4, 0.5) is 0 Å². The number of fused-ring (bicyclic) bond motifs is 4. The van der Waals surface area contributed by atoms with Crippen LogP contribution >= 0.6 is 35.3 Å². The molecule has 2 aromatic rings. The van der Waals surface area contributed by atoms with Gasteiger partial charge >= 0.3 is 5.97 Å². The summed E-state index contributed by atoms with van der Waals surface area (Å²) in [5.74, 6) is -4.48. The molecule has 2 saturated heterocycles. The molecule has 3 aliphatic rings. The Hall–Kier alpha value is -5.36. The average Bonchev–Trinajstić information content (AvgIpc) is 4.07. The Morgan fingerprint density at radius 3 is 2.05 bits per heavy atom. The van der Waals surface area contributed by atoms with Crippen molar-refractivity contribution in [2.24, 2.45) is 11.5 Å². The Morgan fingerprint density at radius 2 is 1.42 bits per heavy atom. The molecule has 0 radical (unpaired) electrons. The van der Waals surface area contributed by atoms with E-state index in [9.17, 15) is 53.4 Å². The first-order valence-electron chi connectivity index (χ1n) is 25.4. The molecule has 5 rings (SSSR count). The van der Waals surface area contributed by atoms with Gasteiger partial charge in [0.25, 0.3) is 0 Å². The molecule has 8 amide bonds. The average molecular weight is 1080 g/mol. The first-order chi connectivity index (χ1) is 35.5. The topological polar surface area (TPSA) is 313 Å². The van der Waals surface area contributed by atoms with E-state index in [2.05, 4.69) is 32.7 Å². The molecule has 0 aliphatic carbocycles. The predicted octanol–water partition coefficient (Wildman–Crippen LogP) is 1.32. The van der Waals surface area contributed by atoms with Crippen molar-refractivity contribution < 1.29 is 53.4 Å². The van der Waals surface area contributed by atoms with Crippen molar-refractivity contribution in [2.45, 2.75) is 150 Å². The van der Waals surface area contributed by atoms with E-state index in [1.54, 1.807) is 42.1 Å². The number of nitrogens with one attached hydrogen (secondary N) is 5. The third-order valence-electron chi connectivity index (χ3n) is 13.0. The fraction of sp³-hybridized carbons (Fsp3) is 0.588. The molecule has 74 heavy (non-hydrogen) atoms. The second kappa shape index (κ2) is 30.3. The third-order valence-corrected chi connectivity index (χ3v) is 16.2. The lowest BCUT2D eigenvalue weighted by Crippen LogP contribution is -2.61. The first-order valence-corrected chi connectivity index (χ1v) is 28.9. The number of benzene rings is 2. The summed E-state index contributed by atoms with van der Waals surface area (Å²) in [6.45, 7) is 4.21. The highest BCUT2D eigenvalue weighted by Gasteiger charge is 2.44. The smallest absolute Gasteiger partial charge is 0.327 e. The van der Waals surface area contributed by atoms with Gasteiger partial charge < -0.3 is 58.1 Å². The standard InChI is InChI=1S/C51H73N9O11S3/c1-3-4-6-15-43(63)54-38-29-73-27-34-22-33(26-72-21-18-52)23-35(24-34)28-74-30-39(51(70)71)57-46(65)37(25-32-11-7-5-8-12-32)56-45(64)36(16-17-42(53)62)55-48(67)44(31(2)61)58-47(66)40-13-9-19-59(40)50(69)41-14-10-20-60(41)49(38)68/h5,7-8,11-12,22-24,31,36-41,44,61H,3-4,6,9-10,13-21,25-30,52H2,1-2H3,(H2,53,62)(H,54,63)(H,55,67)(H,56,64)(H,57,65)(H,58,66)(H,70,71)/t31-,36?,37+,38+,39+,40+,41+,44+/m1/s1. The zero-order valence-electron chi connectivity index (χ0n) is 42.2. The summed E-state index contributed by atoms with van der Waals surface area (Å²) in [5, 5.41) is 34.5. The zero-order valence-corrected chi connectivity index (χ0v) is 44.7. The molecule has 20 nitrogen and oxygen atoms in total. The van der Waals surface area contributed by atoms with Crippen LogP contribution in [0.5, 0.6) is 0 Å². The number of aliphatic hydroxyl groups is 1. The first kappa shape index (κ1) is 59.5. The van der Waals surface area contributed by atoms with E-state index >= 15 is 0 Å². The van der Waals surface area contributed by atoms with E-state index in [1.165, 1.54) is 40.2 Å². The number of aliphatic hydroxyl groups excluding tert-OH is 1. The predicted molar refractivity (Wildman–Crippen MR) is 285 cm³/mol. The van der Waals surface area contributed by atoms with Crippen molar-refractivity contribution >= 4 is 88.5 Å². The summed E-state index contributed by atoms with van der Waals surface area (Å²) in [5.41, 5.74) is 14.7. The highest BCUT2D eigenvalue weighted by Crippen LogP contribution is 2.28. The molecular weight excluding hydrogens is 1010 g/mol. The second-order valence-corrected chi connectivity index (χ2v) is 22.1. The number of amides is 8. The van der Waals surface area contributed by atoms with Crippen LogP contribution in [-0.4, -0.2) is 159 Å². The number of primary amides is 1. The fourth-order valence-corrected chi connectivity index (χ4v) is 11.8. The molecule has 0 spiro atoms. The Morgan fingerprint density at radius 1 is 0.784 bits per heavy atom. The maximum atomic E-state index is 14.6. The number of carboxylic acid groups (broad SMARTS) is 1. The van der Waals surface area contributed by atoms with Crippen molar-refractivity contribution in [2.75, 3.05) is 36.9 Å². The molecular formula is C51H73N9O11S3. The highest BCUT2D eigenvalue weighted by molar-refractivity contribution is 7.99. The van der Waals surface area contributed by atoms with Crippen LogP contribution in [0.15, 0.2) is 48.5 Å².